The molecule has 0 aliphatic heterocycles. The number of nitrogens with one attached hydrogen (secondary N) is 2. The minimum Gasteiger partial charge on any atom is -0.436 e. The van der Waals surface area contributed by atoms with E-state index in [1.807, 2.05) is 0 Å². The fraction of sp³-hybridized carbons (Fsp3) is 0.200. The Morgan fingerprint density at radius 3 is 2.82 bits per heavy atom. The number of carbonyl (C=O) groups is 1. The number of amides is 1. The molecule has 0 atom stereocenters. The number of carbonyl (C=O) groups excluding carboxylic acids is 1. The molecule has 28 heavy (non-hydrogen) atoms. The van der Waals surface area contributed by atoms with Crippen LogP contribution in [0.5, 0.6) is 0 Å². The summed E-state index contributed by atoms with van der Waals surface area (Å²) >= 11 is 0. The standard InChI is InChI=1S/C20H16FN5O2/c1-22-18-13-8-23-17(26-19(27)10-2-3-10)7-12(13)14(9-24-18)20-25-15-5-4-11(21)6-16(15)28-20/h4-10H,2-3H2,1H3,(H,22,24)(H,23,26,27). The van der Waals surface area contributed by atoms with Crippen LogP contribution in [0.2, 0.25) is 0 Å². The molecule has 0 bridgehead atoms. The van der Waals surface area contributed by atoms with Crippen molar-refractivity contribution in [2.45, 2.75) is 12.8 Å². The molecule has 0 saturated heterocycles. The van der Waals surface area contributed by atoms with Gasteiger partial charge >= 0.3 is 0 Å². The quantitative estimate of drug-likeness (QED) is 0.559. The molecule has 2 N–H and O–H groups in total. The fourth-order valence-electron chi connectivity index (χ4n) is 3.16. The minimum atomic E-state index is -0.391. The molecule has 1 saturated carbocycles. The number of benzene rings is 1. The second-order valence-electron chi connectivity index (χ2n) is 6.78. The van der Waals surface area contributed by atoms with Crippen LogP contribution in [0.15, 0.2) is 41.1 Å². The van der Waals surface area contributed by atoms with Crippen LogP contribution in [0.4, 0.5) is 16.0 Å². The van der Waals surface area contributed by atoms with E-state index in [1.165, 1.54) is 12.1 Å². The Morgan fingerprint density at radius 1 is 1.18 bits per heavy atom. The summed E-state index contributed by atoms with van der Waals surface area (Å²) in [5.74, 6) is 1.10. The van der Waals surface area contributed by atoms with Crippen LogP contribution in [-0.4, -0.2) is 27.9 Å². The van der Waals surface area contributed by atoms with Gasteiger partial charge in [-0.05, 0) is 31.0 Å². The highest BCUT2D eigenvalue weighted by Gasteiger charge is 2.30. The van der Waals surface area contributed by atoms with Gasteiger partial charge in [0, 0.05) is 42.2 Å². The van der Waals surface area contributed by atoms with Crippen molar-refractivity contribution >= 4 is 39.4 Å². The van der Waals surface area contributed by atoms with Crippen LogP contribution in [0, 0.1) is 11.7 Å². The number of nitrogens with zero attached hydrogens (tertiary/aromatic N) is 3. The minimum absolute atomic E-state index is 0.0198. The third-order valence-corrected chi connectivity index (χ3v) is 4.79. The first-order valence-electron chi connectivity index (χ1n) is 8.96. The van der Waals surface area contributed by atoms with E-state index in [-0.39, 0.29) is 11.8 Å². The van der Waals surface area contributed by atoms with Gasteiger partial charge in [0.05, 0.1) is 5.56 Å². The van der Waals surface area contributed by atoms with E-state index < -0.39 is 5.82 Å². The van der Waals surface area contributed by atoms with Crippen molar-refractivity contribution in [3.63, 3.8) is 0 Å². The molecule has 3 aromatic heterocycles. The second-order valence-corrected chi connectivity index (χ2v) is 6.78. The van der Waals surface area contributed by atoms with E-state index in [9.17, 15) is 9.18 Å². The molecule has 0 radical (unpaired) electrons. The van der Waals surface area contributed by atoms with Gasteiger partial charge in [0.15, 0.2) is 5.58 Å². The van der Waals surface area contributed by atoms with Gasteiger partial charge in [-0.1, -0.05) is 0 Å². The summed E-state index contributed by atoms with van der Waals surface area (Å²) in [6.07, 6.45) is 5.13. The molecule has 1 aliphatic carbocycles. The van der Waals surface area contributed by atoms with E-state index in [1.54, 1.807) is 31.6 Å². The number of pyridine rings is 2. The van der Waals surface area contributed by atoms with Gasteiger partial charge in [0.2, 0.25) is 11.8 Å². The summed E-state index contributed by atoms with van der Waals surface area (Å²) in [6.45, 7) is 0. The lowest BCUT2D eigenvalue weighted by molar-refractivity contribution is -0.117. The molecule has 1 aliphatic rings. The lowest BCUT2D eigenvalue weighted by atomic mass is 10.1. The van der Waals surface area contributed by atoms with Crippen LogP contribution in [0.3, 0.4) is 0 Å². The third kappa shape index (κ3) is 2.83. The molecule has 140 valence electrons. The highest BCUT2D eigenvalue weighted by atomic mass is 19.1. The summed E-state index contributed by atoms with van der Waals surface area (Å²) in [6, 6.07) is 5.98. The number of fused-ring (bicyclic) bond motifs is 2. The molecule has 5 rings (SSSR count). The predicted octanol–water partition coefficient (Wildman–Crippen LogP) is 3.97. The van der Waals surface area contributed by atoms with E-state index >= 15 is 0 Å². The van der Waals surface area contributed by atoms with Crippen molar-refractivity contribution in [2.24, 2.45) is 5.92 Å². The molecule has 1 amide bonds. The topological polar surface area (TPSA) is 92.9 Å². The summed E-state index contributed by atoms with van der Waals surface area (Å²) in [4.78, 5) is 25.3. The molecule has 0 unspecified atom stereocenters. The first-order chi connectivity index (χ1) is 13.6. The SMILES string of the molecule is CNc1ncc(-c2nc3ccc(F)cc3o2)c2cc(NC(=O)C3CC3)ncc12. The van der Waals surface area contributed by atoms with Gasteiger partial charge < -0.3 is 15.1 Å². The Bertz CT molecular complexity index is 1230. The number of oxazole rings is 1. The number of anilines is 2. The molecule has 1 aromatic carbocycles. The summed E-state index contributed by atoms with van der Waals surface area (Å²) in [5.41, 5.74) is 1.55. The van der Waals surface area contributed by atoms with Gasteiger partial charge in [0.25, 0.3) is 0 Å². The van der Waals surface area contributed by atoms with Crippen molar-refractivity contribution in [1.82, 2.24) is 15.0 Å². The van der Waals surface area contributed by atoms with Gasteiger partial charge in [0.1, 0.15) is 23.0 Å². The smallest absolute Gasteiger partial charge is 0.229 e. The number of halogens is 1. The van der Waals surface area contributed by atoms with Crippen LogP contribution in [0.1, 0.15) is 12.8 Å². The first-order valence-corrected chi connectivity index (χ1v) is 8.96. The Morgan fingerprint density at radius 2 is 2.04 bits per heavy atom. The summed E-state index contributed by atoms with van der Waals surface area (Å²) in [5, 5.41) is 7.42. The number of rotatable bonds is 4. The monoisotopic (exact) mass is 377 g/mol. The first kappa shape index (κ1) is 16.6. The molecule has 3 heterocycles. The maximum Gasteiger partial charge on any atom is 0.229 e. The maximum atomic E-state index is 13.5. The van der Waals surface area contributed by atoms with Gasteiger partial charge in [-0.2, -0.15) is 0 Å². The zero-order valence-electron chi connectivity index (χ0n) is 15.0. The normalized spacial score (nSPS) is 13.8. The Hall–Kier alpha value is -3.55. The summed E-state index contributed by atoms with van der Waals surface area (Å²) in [7, 11) is 1.77. The molecule has 0 spiro atoms. The van der Waals surface area contributed by atoms with E-state index in [0.29, 0.717) is 34.2 Å². The zero-order chi connectivity index (χ0) is 19.3. The largest absolute Gasteiger partial charge is 0.436 e. The third-order valence-electron chi connectivity index (χ3n) is 4.79. The molecular weight excluding hydrogens is 361 g/mol. The van der Waals surface area contributed by atoms with Gasteiger partial charge in [-0.3, -0.25) is 4.79 Å². The lowest BCUT2D eigenvalue weighted by Gasteiger charge is -2.10. The average Bonchev–Trinajstić information content (AvgIpc) is 3.47. The zero-order valence-corrected chi connectivity index (χ0v) is 15.0. The number of hydrogen-bond acceptors (Lipinski definition) is 6. The number of hydrogen-bond donors (Lipinski definition) is 2. The van der Waals surface area contributed by atoms with Crippen LogP contribution in [-0.2, 0) is 4.79 Å². The second kappa shape index (κ2) is 6.26. The fourth-order valence-corrected chi connectivity index (χ4v) is 3.16. The van der Waals surface area contributed by atoms with Crippen LogP contribution < -0.4 is 10.6 Å². The molecular formula is C20H16FN5O2. The molecule has 1 fully saturated rings. The highest BCUT2D eigenvalue weighted by Crippen LogP contribution is 2.35. The van der Waals surface area contributed by atoms with E-state index in [2.05, 4.69) is 25.6 Å². The Kier molecular flexibility index (Phi) is 3.71. The predicted molar refractivity (Wildman–Crippen MR) is 103 cm³/mol. The van der Waals surface area contributed by atoms with E-state index in [0.717, 1.165) is 23.6 Å². The molecule has 4 aromatic rings. The molecule has 8 heteroatoms. The van der Waals surface area contributed by atoms with Crippen LogP contribution in [0.25, 0.3) is 33.3 Å². The van der Waals surface area contributed by atoms with Crippen molar-refractivity contribution in [1.29, 1.82) is 0 Å². The molecule has 7 nitrogen and oxygen atoms in total. The van der Waals surface area contributed by atoms with Crippen molar-refractivity contribution in [2.75, 3.05) is 17.7 Å². The number of aromatic nitrogens is 3. The van der Waals surface area contributed by atoms with Gasteiger partial charge in [-0.15, -0.1) is 0 Å². The maximum absolute atomic E-state index is 13.5. The Labute approximate surface area is 159 Å². The Balaban J connectivity index is 1.66. The van der Waals surface area contributed by atoms with E-state index in [4.69, 9.17) is 4.42 Å². The summed E-state index contributed by atoms with van der Waals surface area (Å²) < 4.78 is 19.3. The van der Waals surface area contributed by atoms with Crippen molar-refractivity contribution in [3.05, 3.63) is 42.5 Å². The lowest BCUT2D eigenvalue weighted by Crippen LogP contribution is -2.14. The van der Waals surface area contributed by atoms with Gasteiger partial charge in [-0.25, -0.2) is 19.3 Å². The average molecular weight is 377 g/mol. The van der Waals surface area contributed by atoms with Crippen molar-refractivity contribution in [3.8, 4) is 11.5 Å². The van der Waals surface area contributed by atoms with Crippen molar-refractivity contribution < 1.29 is 13.6 Å². The highest BCUT2D eigenvalue weighted by molar-refractivity contribution is 6.03. The van der Waals surface area contributed by atoms with Crippen LogP contribution >= 0.6 is 0 Å².